The van der Waals surface area contributed by atoms with Crippen LogP contribution in [0.1, 0.15) is 23.2 Å². The minimum Gasteiger partial charge on any atom is -0.480 e. The van der Waals surface area contributed by atoms with Crippen LogP contribution in [0.15, 0.2) is 12.1 Å². The van der Waals surface area contributed by atoms with E-state index in [2.05, 4.69) is 0 Å². The third-order valence-corrected chi connectivity index (χ3v) is 5.01. The van der Waals surface area contributed by atoms with Gasteiger partial charge in [-0.25, -0.2) is 0 Å². The summed E-state index contributed by atoms with van der Waals surface area (Å²) in [6, 6.07) is 3.09. The van der Waals surface area contributed by atoms with Crippen LogP contribution in [0.25, 0.3) is 0 Å². The topological polar surface area (TPSA) is 57.6 Å². The highest BCUT2D eigenvalue weighted by atomic mass is 127. The normalized spacial score (nSPS) is 14.2. The Morgan fingerprint density at radius 2 is 2.00 bits per heavy atom. The minimum absolute atomic E-state index is 0.310. The van der Waals surface area contributed by atoms with Crippen molar-refractivity contribution >= 4 is 57.7 Å². The molecule has 4 nitrogen and oxygen atoms in total. The summed E-state index contributed by atoms with van der Waals surface area (Å²) in [7, 11) is 0. The lowest BCUT2D eigenvalue weighted by molar-refractivity contribution is -0.137. The molecule has 1 fully saturated rings. The summed E-state index contributed by atoms with van der Waals surface area (Å²) < 4.78 is 0.588. The predicted molar refractivity (Wildman–Crippen MR) is 85.4 cm³/mol. The maximum atomic E-state index is 12.5. The summed E-state index contributed by atoms with van der Waals surface area (Å²) in [5.74, 6) is -0.958. The Morgan fingerprint density at radius 3 is 2.55 bits per heavy atom. The lowest BCUT2D eigenvalue weighted by Crippen LogP contribution is -2.37. The zero-order valence-electron chi connectivity index (χ0n) is 10.4. The van der Waals surface area contributed by atoms with Gasteiger partial charge in [0.1, 0.15) is 6.54 Å². The zero-order chi connectivity index (χ0) is 14.9. The van der Waals surface area contributed by atoms with Gasteiger partial charge in [0.2, 0.25) is 0 Å². The molecule has 108 valence electrons. The number of carbonyl (C=O) groups excluding carboxylic acids is 1. The molecule has 0 atom stereocenters. The fourth-order valence-corrected chi connectivity index (χ4v) is 2.91. The Morgan fingerprint density at radius 1 is 1.35 bits per heavy atom. The second-order valence-corrected chi connectivity index (χ2v) is 6.69. The maximum Gasteiger partial charge on any atom is 0.323 e. The van der Waals surface area contributed by atoms with Gasteiger partial charge >= 0.3 is 5.97 Å². The van der Waals surface area contributed by atoms with Crippen LogP contribution in [-0.4, -0.2) is 35.0 Å². The number of hydrogen-bond donors (Lipinski definition) is 1. The smallest absolute Gasteiger partial charge is 0.323 e. The van der Waals surface area contributed by atoms with Crippen molar-refractivity contribution in [2.75, 3.05) is 13.1 Å². The van der Waals surface area contributed by atoms with Crippen LogP contribution in [0.2, 0.25) is 10.0 Å². The van der Waals surface area contributed by atoms with E-state index < -0.39 is 5.97 Å². The summed E-state index contributed by atoms with van der Waals surface area (Å²) in [5, 5.41) is 9.70. The van der Waals surface area contributed by atoms with Gasteiger partial charge in [0, 0.05) is 15.1 Å². The highest BCUT2D eigenvalue weighted by Gasteiger charge is 2.29. The molecule has 1 aliphatic rings. The summed E-state index contributed by atoms with van der Waals surface area (Å²) >= 11 is 13.9. The highest BCUT2D eigenvalue weighted by Crippen LogP contribution is 2.32. The number of hydrogen-bond acceptors (Lipinski definition) is 2. The first-order valence-corrected chi connectivity index (χ1v) is 7.87. The number of benzene rings is 1. The molecule has 0 heterocycles. The first-order chi connectivity index (χ1) is 9.38. The van der Waals surface area contributed by atoms with Crippen molar-refractivity contribution in [1.82, 2.24) is 4.90 Å². The van der Waals surface area contributed by atoms with E-state index in [0.29, 0.717) is 31.6 Å². The summed E-state index contributed by atoms with van der Waals surface area (Å²) in [6.45, 7) is 0.154. The van der Waals surface area contributed by atoms with Crippen LogP contribution in [-0.2, 0) is 4.79 Å². The van der Waals surface area contributed by atoms with E-state index in [0.717, 1.165) is 12.8 Å². The number of aliphatic carboxylic acids is 1. The third-order valence-electron chi connectivity index (χ3n) is 3.01. The summed E-state index contributed by atoms with van der Waals surface area (Å²) in [5.41, 5.74) is 0.352. The van der Waals surface area contributed by atoms with Gasteiger partial charge in [-0.3, -0.25) is 9.59 Å². The average molecular weight is 428 g/mol. The molecule has 1 amide bonds. The van der Waals surface area contributed by atoms with Gasteiger partial charge in [-0.2, -0.15) is 0 Å². The lowest BCUT2D eigenvalue weighted by atomic mass is 10.2. The number of nitrogens with zero attached hydrogens (tertiary/aromatic N) is 1. The van der Waals surface area contributed by atoms with Crippen LogP contribution in [0.3, 0.4) is 0 Å². The largest absolute Gasteiger partial charge is 0.480 e. The standard InChI is InChI=1S/C13H12Cl2INO3/c14-8-3-9(12(16)10(15)4-8)13(20)17(6-11(18)19)5-7-1-2-7/h3-4,7H,1-2,5-6H2,(H,18,19). The molecule has 1 aromatic rings. The van der Waals surface area contributed by atoms with Crippen LogP contribution in [0.5, 0.6) is 0 Å². The Hall–Kier alpha value is -0.530. The molecule has 0 saturated heterocycles. The monoisotopic (exact) mass is 427 g/mol. The van der Waals surface area contributed by atoms with E-state index in [1.807, 2.05) is 22.6 Å². The Balaban J connectivity index is 2.28. The molecular weight excluding hydrogens is 416 g/mol. The van der Waals surface area contributed by atoms with Crippen LogP contribution in [0.4, 0.5) is 0 Å². The van der Waals surface area contributed by atoms with Crippen molar-refractivity contribution in [2.45, 2.75) is 12.8 Å². The van der Waals surface area contributed by atoms with Gasteiger partial charge in [-0.15, -0.1) is 0 Å². The van der Waals surface area contributed by atoms with E-state index >= 15 is 0 Å². The molecule has 1 aromatic carbocycles. The van der Waals surface area contributed by atoms with E-state index in [9.17, 15) is 9.59 Å². The van der Waals surface area contributed by atoms with Crippen LogP contribution >= 0.6 is 45.8 Å². The molecule has 1 N–H and O–H groups in total. The molecule has 0 unspecified atom stereocenters. The first-order valence-electron chi connectivity index (χ1n) is 6.04. The minimum atomic E-state index is -1.03. The van der Waals surface area contributed by atoms with Gasteiger partial charge < -0.3 is 10.0 Å². The number of halogens is 3. The first kappa shape index (κ1) is 15.9. The molecule has 0 aliphatic heterocycles. The molecule has 1 saturated carbocycles. The van der Waals surface area contributed by atoms with E-state index in [4.69, 9.17) is 28.3 Å². The third kappa shape index (κ3) is 3.99. The fraction of sp³-hybridized carbons (Fsp3) is 0.385. The summed E-state index contributed by atoms with van der Waals surface area (Å²) in [6.07, 6.45) is 2.08. The number of amides is 1. The van der Waals surface area contributed by atoms with Gasteiger partial charge in [0.15, 0.2) is 0 Å². The number of carbonyl (C=O) groups is 2. The van der Waals surface area contributed by atoms with Crippen molar-refractivity contribution < 1.29 is 14.7 Å². The molecule has 0 radical (unpaired) electrons. The van der Waals surface area contributed by atoms with Crippen molar-refractivity contribution in [2.24, 2.45) is 5.92 Å². The molecule has 1 aliphatic carbocycles. The molecule has 0 bridgehead atoms. The number of rotatable bonds is 5. The van der Waals surface area contributed by atoms with Gasteiger partial charge in [0.05, 0.1) is 10.6 Å². The van der Waals surface area contributed by atoms with Crippen molar-refractivity contribution in [1.29, 1.82) is 0 Å². The van der Waals surface area contributed by atoms with E-state index in [-0.39, 0.29) is 12.5 Å². The molecular formula is C13H12Cl2INO3. The second-order valence-electron chi connectivity index (χ2n) is 4.77. The van der Waals surface area contributed by atoms with Crippen molar-refractivity contribution in [3.8, 4) is 0 Å². The molecule has 7 heteroatoms. The molecule has 0 aromatic heterocycles. The SMILES string of the molecule is O=C(O)CN(CC1CC1)C(=O)c1cc(Cl)cc(Cl)c1I. The van der Waals surface area contributed by atoms with Crippen LogP contribution in [0, 0.1) is 9.49 Å². The van der Waals surface area contributed by atoms with E-state index in [1.165, 1.54) is 11.0 Å². The average Bonchev–Trinajstić information content (AvgIpc) is 3.15. The molecule has 20 heavy (non-hydrogen) atoms. The van der Waals surface area contributed by atoms with Crippen LogP contribution < -0.4 is 0 Å². The molecule has 0 spiro atoms. The Bertz CT molecular complexity index is 561. The lowest BCUT2D eigenvalue weighted by Gasteiger charge is -2.21. The quantitative estimate of drug-likeness (QED) is 0.577. The predicted octanol–water partition coefficient (Wildman–Crippen LogP) is 3.53. The van der Waals surface area contributed by atoms with E-state index in [1.54, 1.807) is 6.07 Å². The van der Waals surface area contributed by atoms with Gasteiger partial charge in [0.25, 0.3) is 5.91 Å². The van der Waals surface area contributed by atoms with Crippen molar-refractivity contribution in [3.05, 3.63) is 31.3 Å². The van der Waals surface area contributed by atoms with Gasteiger partial charge in [-0.05, 0) is 53.5 Å². The maximum absolute atomic E-state index is 12.5. The fourth-order valence-electron chi connectivity index (χ4n) is 1.88. The highest BCUT2D eigenvalue weighted by molar-refractivity contribution is 14.1. The second kappa shape index (κ2) is 6.49. The Labute approximate surface area is 140 Å². The van der Waals surface area contributed by atoms with Crippen molar-refractivity contribution in [3.63, 3.8) is 0 Å². The Kier molecular flexibility index (Phi) is 5.14. The number of carboxylic acid groups (broad SMARTS) is 1. The van der Waals surface area contributed by atoms with Gasteiger partial charge in [-0.1, -0.05) is 23.2 Å². The summed E-state index contributed by atoms with van der Waals surface area (Å²) in [4.78, 5) is 24.8. The molecule has 2 rings (SSSR count). The zero-order valence-corrected chi connectivity index (χ0v) is 14.1. The number of carboxylic acids is 1.